The van der Waals surface area contributed by atoms with Crippen molar-refractivity contribution in [1.29, 1.82) is 0 Å². The molecule has 0 bridgehead atoms. The Morgan fingerprint density at radius 1 is 1.25 bits per heavy atom. The van der Waals surface area contributed by atoms with Crippen molar-refractivity contribution in [2.75, 3.05) is 0 Å². The van der Waals surface area contributed by atoms with Crippen LogP contribution in [0.5, 0.6) is 5.75 Å². The molecular weight excluding hydrogens is 200 g/mol. The van der Waals surface area contributed by atoms with E-state index in [1.54, 1.807) is 36.4 Å². The number of hydrogen-bond donors (Lipinski definition) is 2. The average Bonchev–Trinajstić information content (AvgIpc) is 2.30. The number of allylic oxidation sites excluding steroid dienone is 3. The molecule has 16 heavy (non-hydrogen) atoms. The summed E-state index contributed by atoms with van der Waals surface area (Å²) in [6, 6.07) is 5.04. The van der Waals surface area contributed by atoms with Gasteiger partial charge in [0.05, 0.1) is 6.61 Å². The van der Waals surface area contributed by atoms with Crippen LogP contribution in [0.1, 0.15) is 18.1 Å². The first kappa shape index (κ1) is 12.1. The molecule has 0 amide bonds. The molecule has 1 aromatic carbocycles. The summed E-state index contributed by atoms with van der Waals surface area (Å²) in [6.07, 6.45) is 6.92. The monoisotopic (exact) mass is 214 g/mol. The fraction of sp³-hybridized carbons (Fsp3) is 0.143. The molecular formula is C14H14O2. The van der Waals surface area contributed by atoms with Crippen LogP contribution in [0.4, 0.5) is 0 Å². The standard InChI is InChI=1S/C14H14O2/c1-2-3-4-5-6-9-13-12(11-15)8-7-10-14(13)16/h2-3,6-10,15-16H,11H2,1H3/b3-2+,9-6+. The fourth-order valence-electron chi connectivity index (χ4n) is 1.23. The average molecular weight is 214 g/mol. The lowest BCUT2D eigenvalue weighted by molar-refractivity contribution is 0.281. The van der Waals surface area contributed by atoms with Crippen molar-refractivity contribution in [2.45, 2.75) is 13.5 Å². The molecule has 0 spiro atoms. The van der Waals surface area contributed by atoms with Gasteiger partial charge < -0.3 is 10.2 Å². The first-order chi connectivity index (χ1) is 7.79. The second-order valence-electron chi connectivity index (χ2n) is 3.13. The molecule has 0 heterocycles. The molecule has 0 radical (unpaired) electrons. The molecule has 0 atom stereocenters. The SMILES string of the molecule is C/C=C/C#C/C=C/c1c(O)cccc1CO. The lowest BCUT2D eigenvalue weighted by Crippen LogP contribution is -1.88. The molecule has 1 rings (SSSR count). The molecule has 0 fully saturated rings. The van der Waals surface area contributed by atoms with E-state index in [4.69, 9.17) is 5.11 Å². The van der Waals surface area contributed by atoms with Crippen molar-refractivity contribution in [3.8, 4) is 17.6 Å². The highest BCUT2D eigenvalue weighted by molar-refractivity contribution is 5.62. The zero-order valence-corrected chi connectivity index (χ0v) is 9.14. The highest BCUT2D eigenvalue weighted by Crippen LogP contribution is 2.22. The number of rotatable bonds is 2. The van der Waals surface area contributed by atoms with Gasteiger partial charge in [-0.25, -0.2) is 0 Å². The topological polar surface area (TPSA) is 40.5 Å². The molecule has 0 aliphatic heterocycles. The van der Waals surface area contributed by atoms with E-state index in [0.717, 1.165) is 0 Å². The van der Waals surface area contributed by atoms with E-state index in [1.807, 2.05) is 13.0 Å². The first-order valence-electron chi connectivity index (χ1n) is 5.00. The van der Waals surface area contributed by atoms with E-state index < -0.39 is 0 Å². The Morgan fingerprint density at radius 2 is 2.00 bits per heavy atom. The van der Waals surface area contributed by atoms with Crippen LogP contribution in [-0.4, -0.2) is 10.2 Å². The molecule has 0 aromatic heterocycles. The van der Waals surface area contributed by atoms with Crippen molar-refractivity contribution < 1.29 is 10.2 Å². The van der Waals surface area contributed by atoms with Crippen molar-refractivity contribution >= 4 is 6.08 Å². The number of hydrogen-bond acceptors (Lipinski definition) is 2. The van der Waals surface area contributed by atoms with Crippen LogP contribution in [0.3, 0.4) is 0 Å². The van der Waals surface area contributed by atoms with Gasteiger partial charge in [-0.1, -0.05) is 30.0 Å². The molecule has 2 heteroatoms. The normalized spacial score (nSPS) is 10.6. The minimum Gasteiger partial charge on any atom is -0.507 e. The number of aliphatic hydroxyl groups is 1. The summed E-state index contributed by atoms with van der Waals surface area (Å²) in [5.41, 5.74) is 1.30. The van der Waals surface area contributed by atoms with Crippen molar-refractivity contribution in [1.82, 2.24) is 0 Å². The van der Waals surface area contributed by atoms with Crippen molar-refractivity contribution in [2.24, 2.45) is 0 Å². The maximum absolute atomic E-state index is 9.60. The fourth-order valence-corrected chi connectivity index (χ4v) is 1.23. The molecule has 0 aliphatic rings. The van der Waals surface area contributed by atoms with E-state index >= 15 is 0 Å². The van der Waals surface area contributed by atoms with Gasteiger partial charge in [0.25, 0.3) is 0 Å². The smallest absolute Gasteiger partial charge is 0.123 e. The lowest BCUT2D eigenvalue weighted by atomic mass is 10.1. The number of phenolic OH excluding ortho intramolecular Hbond substituents is 1. The Labute approximate surface area is 95.6 Å². The van der Waals surface area contributed by atoms with Gasteiger partial charge in [0.15, 0.2) is 0 Å². The largest absolute Gasteiger partial charge is 0.507 e. The maximum Gasteiger partial charge on any atom is 0.123 e. The Kier molecular flexibility index (Phi) is 4.91. The maximum atomic E-state index is 9.60. The van der Waals surface area contributed by atoms with Crippen molar-refractivity contribution in [3.63, 3.8) is 0 Å². The van der Waals surface area contributed by atoms with Crippen LogP contribution in [0.25, 0.3) is 6.08 Å². The minimum absolute atomic E-state index is 0.101. The van der Waals surface area contributed by atoms with E-state index in [1.165, 1.54) is 0 Å². The van der Waals surface area contributed by atoms with Gasteiger partial charge in [-0.15, -0.1) is 0 Å². The number of aromatic hydroxyl groups is 1. The van der Waals surface area contributed by atoms with Crippen molar-refractivity contribution in [3.05, 3.63) is 47.6 Å². The summed E-state index contributed by atoms with van der Waals surface area (Å²) < 4.78 is 0. The molecule has 0 aliphatic carbocycles. The molecule has 0 saturated carbocycles. The molecule has 2 N–H and O–H groups in total. The lowest BCUT2D eigenvalue weighted by Gasteiger charge is -2.03. The van der Waals surface area contributed by atoms with Gasteiger partial charge in [0.2, 0.25) is 0 Å². The van der Waals surface area contributed by atoms with Gasteiger partial charge in [0, 0.05) is 5.56 Å². The summed E-state index contributed by atoms with van der Waals surface area (Å²) >= 11 is 0. The second-order valence-corrected chi connectivity index (χ2v) is 3.13. The van der Waals surface area contributed by atoms with Crippen LogP contribution in [0, 0.1) is 11.8 Å². The summed E-state index contributed by atoms with van der Waals surface area (Å²) in [5, 5.41) is 18.7. The van der Waals surface area contributed by atoms with Crippen LogP contribution in [0.2, 0.25) is 0 Å². The highest BCUT2D eigenvalue weighted by atomic mass is 16.3. The van der Waals surface area contributed by atoms with E-state index in [2.05, 4.69) is 11.8 Å². The van der Waals surface area contributed by atoms with Gasteiger partial charge >= 0.3 is 0 Å². The third kappa shape index (κ3) is 3.30. The van der Waals surface area contributed by atoms with Crippen LogP contribution < -0.4 is 0 Å². The van der Waals surface area contributed by atoms with Gasteiger partial charge in [-0.3, -0.25) is 0 Å². The van der Waals surface area contributed by atoms with Crippen LogP contribution in [0.15, 0.2) is 36.4 Å². The van der Waals surface area contributed by atoms with E-state index in [-0.39, 0.29) is 12.4 Å². The molecule has 1 aromatic rings. The van der Waals surface area contributed by atoms with E-state index in [0.29, 0.717) is 11.1 Å². The summed E-state index contributed by atoms with van der Waals surface area (Å²) in [7, 11) is 0. The number of aliphatic hydroxyl groups excluding tert-OH is 1. The van der Waals surface area contributed by atoms with Crippen LogP contribution >= 0.6 is 0 Å². The Hall–Kier alpha value is -1.98. The predicted molar refractivity (Wildman–Crippen MR) is 65.7 cm³/mol. The predicted octanol–water partition coefficient (Wildman–Crippen LogP) is 2.48. The molecule has 0 unspecified atom stereocenters. The number of benzene rings is 1. The third-order valence-corrected chi connectivity index (χ3v) is 2.01. The zero-order chi connectivity index (χ0) is 11.8. The molecule has 0 saturated heterocycles. The minimum atomic E-state index is -0.101. The third-order valence-electron chi connectivity index (χ3n) is 2.01. The highest BCUT2D eigenvalue weighted by Gasteiger charge is 2.02. The van der Waals surface area contributed by atoms with E-state index in [9.17, 15) is 5.11 Å². The summed E-state index contributed by atoms with van der Waals surface area (Å²) in [6.45, 7) is 1.79. The molecule has 2 nitrogen and oxygen atoms in total. The molecule has 82 valence electrons. The number of phenols is 1. The second kappa shape index (κ2) is 6.49. The Morgan fingerprint density at radius 3 is 2.69 bits per heavy atom. The quantitative estimate of drug-likeness (QED) is 0.742. The Bertz CT molecular complexity index is 459. The summed E-state index contributed by atoms with van der Waals surface area (Å²) in [5.74, 6) is 5.75. The van der Waals surface area contributed by atoms with Gasteiger partial charge in [-0.2, -0.15) is 0 Å². The van der Waals surface area contributed by atoms with Crippen LogP contribution in [-0.2, 0) is 6.61 Å². The van der Waals surface area contributed by atoms with Gasteiger partial charge in [0.1, 0.15) is 5.75 Å². The van der Waals surface area contributed by atoms with Gasteiger partial charge in [-0.05, 0) is 36.8 Å². The summed E-state index contributed by atoms with van der Waals surface area (Å²) in [4.78, 5) is 0. The first-order valence-corrected chi connectivity index (χ1v) is 5.00. The zero-order valence-electron chi connectivity index (χ0n) is 9.14. The Balaban J connectivity index is 2.93.